The molecule has 0 saturated heterocycles. The molecule has 0 fully saturated rings. The summed E-state index contributed by atoms with van der Waals surface area (Å²) in [6.07, 6.45) is 1.51. The Balaban J connectivity index is 1.69. The normalized spacial score (nSPS) is 12.9. The van der Waals surface area contributed by atoms with Crippen LogP contribution in [0.3, 0.4) is 0 Å². The maximum Gasteiger partial charge on any atom is 0.267 e. The molecule has 0 saturated carbocycles. The number of benzene rings is 1. The van der Waals surface area contributed by atoms with E-state index < -0.39 is 10.0 Å². The Morgan fingerprint density at radius 3 is 2.72 bits per heavy atom. The zero-order valence-electron chi connectivity index (χ0n) is 16.2. The number of sulfonamides is 1. The zero-order valence-corrected chi connectivity index (χ0v) is 17.1. The molecule has 0 atom stereocenters. The number of nitrogens with zero attached hydrogens (tertiary/aromatic N) is 2. The van der Waals surface area contributed by atoms with Gasteiger partial charge < -0.3 is 9.26 Å². The largest absolute Gasteiger partial charge is 0.372 e. The van der Waals surface area contributed by atoms with Gasteiger partial charge >= 0.3 is 0 Å². The molecule has 1 aliphatic rings. The van der Waals surface area contributed by atoms with Crippen molar-refractivity contribution in [2.75, 3.05) is 4.72 Å². The van der Waals surface area contributed by atoms with Gasteiger partial charge in [0.15, 0.2) is 0 Å². The van der Waals surface area contributed by atoms with Gasteiger partial charge in [0.25, 0.3) is 10.0 Å². The van der Waals surface area contributed by atoms with Crippen LogP contribution < -0.4 is 4.72 Å². The lowest BCUT2D eigenvalue weighted by Gasteiger charge is -2.07. The van der Waals surface area contributed by atoms with Crippen LogP contribution in [-0.4, -0.2) is 18.6 Å². The smallest absolute Gasteiger partial charge is 0.267 e. The lowest BCUT2D eigenvalue weighted by Crippen LogP contribution is -2.15. The molecule has 0 amide bonds. The van der Waals surface area contributed by atoms with E-state index in [2.05, 4.69) is 26.7 Å². The SMILES string of the molecule is Cc1cc(C#Cc2ncccc2S(=O)(=O)Nc2onc(C)c2C)cc2c1COC2. The monoisotopic (exact) mass is 409 g/mol. The topological polar surface area (TPSA) is 94.3 Å². The molecule has 148 valence electrons. The number of nitrogens with one attached hydrogen (secondary N) is 1. The van der Waals surface area contributed by atoms with E-state index in [1.165, 1.54) is 17.8 Å². The standard InChI is InChI=1S/C21H19N3O4S/c1-13-9-16(10-17-11-27-12-18(13)17)6-7-19-20(5-4-8-22-19)29(25,26)24-21-14(2)15(3)23-28-21/h4-5,8-10,24H,11-12H2,1-3H3. The van der Waals surface area contributed by atoms with Gasteiger partial charge in [-0.05, 0) is 67.6 Å². The molecule has 0 unspecified atom stereocenters. The molecule has 1 aromatic carbocycles. The van der Waals surface area contributed by atoms with Gasteiger partial charge in [-0.2, -0.15) is 0 Å². The first-order chi connectivity index (χ1) is 13.8. The number of aryl methyl sites for hydroxylation is 2. The second kappa shape index (κ2) is 7.35. The van der Waals surface area contributed by atoms with Gasteiger partial charge in [0.2, 0.25) is 5.88 Å². The first-order valence-electron chi connectivity index (χ1n) is 8.98. The lowest BCUT2D eigenvalue weighted by molar-refractivity contribution is 0.134. The van der Waals surface area contributed by atoms with Crippen molar-refractivity contribution in [3.05, 3.63) is 69.7 Å². The van der Waals surface area contributed by atoms with Crippen LogP contribution in [0.15, 0.2) is 39.9 Å². The summed E-state index contributed by atoms with van der Waals surface area (Å²) in [6, 6.07) is 6.95. The van der Waals surface area contributed by atoms with E-state index >= 15 is 0 Å². The molecule has 1 N–H and O–H groups in total. The van der Waals surface area contributed by atoms with Crippen LogP contribution in [0.4, 0.5) is 5.88 Å². The molecule has 3 heterocycles. The highest BCUT2D eigenvalue weighted by atomic mass is 32.2. The third-order valence-electron chi connectivity index (χ3n) is 4.84. The number of anilines is 1. The summed E-state index contributed by atoms with van der Waals surface area (Å²) in [7, 11) is -3.94. The van der Waals surface area contributed by atoms with E-state index in [9.17, 15) is 8.42 Å². The van der Waals surface area contributed by atoms with Crippen LogP contribution in [-0.2, 0) is 28.0 Å². The van der Waals surface area contributed by atoms with Crippen molar-refractivity contribution in [1.82, 2.24) is 10.1 Å². The predicted molar refractivity (Wildman–Crippen MR) is 107 cm³/mol. The van der Waals surface area contributed by atoms with Crippen molar-refractivity contribution >= 4 is 15.9 Å². The molecule has 3 aromatic rings. The van der Waals surface area contributed by atoms with Gasteiger partial charge in [0, 0.05) is 17.3 Å². The molecule has 29 heavy (non-hydrogen) atoms. The fraction of sp³-hybridized carbons (Fsp3) is 0.238. The van der Waals surface area contributed by atoms with Gasteiger partial charge in [-0.25, -0.2) is 18.1 Å². The molecule has 0 aliphatic carbocycles. The molecule has 0 spiro atoms. The Hall–Kier alpha value is -3.15. The van der Waals surface area contributed by atoms with E-state index in [-0.39, 0.29) is 16.5 Å². The molecular weight excluding hydrogens is 390 g/mol. The Kier molecular flexibility index (Phi) is 4.86. The van der Waals surface area contributed by atoms with E-state index in [1.54, 1.807) is 19.9 Å². The van der Waals surface area contributed by atoms with E-state index in [4.69, 9.17) is 9.26 Å². The number of ether oxygens (including phenoxy) is 1. The minimum Gasteiger partial charge on any atom is -0.372 e. The van der Waals surface area contributed by atoms with E-state index in [1.807, 2.05) is 19.1 Å². The third-order valence-corrected chi connectivity index (χ3v) is 6.20. The van der Waals surface area contributed by atoms with Crippen LogP contribution >= 0.6 is 0 Å². The molecule has 0 bridgehead atoms. The summed E-state index contributed by atoms with van der Waals surface area (Å²) in [6.45, 7) is 6.66. The summed E-state index contributed by atoms with van der Waals surface area (Å²) >= 11 is 0. The minimum atomic E-state index is -3.94. The first kappa shape index (κ1) is 19.2. The van der Waals surface area contributed by atoms with Crippen molar-refractivity contribution in [3.8, 4) is 11.8 Å². The molecule has 0 radical (unpaired) electrons. The van der Waals surface area contributed by atoms with Crippen LogP contribution in [0.2, 0.25) is 0 Å². The number of hydrogen-bond donors (Lipinski definition) is 1. The maximum atomic E-state index is 12.9. The highest BCUT2D eigenvalue weighted by molar-refractivity contribution is 7.92. The van der Waals surface area contributed by atoms with Crippen molar-refractivity contribution < 1.29 is 17.7 Å². The molecular formula is C21H19N3O4S. The van der Waals surface area contributed by atoms with E-state index in [0.717, 1.165) is 16.7 Å². The molecule has 2 aromatic heterocycles. The Bertz CT molecular complexity index is 1270. The van der Waals surface area contributed by atoms with E-state index in [0.29, 0.717) is 24.5 Å². The van der Waals surface area contributed by atoms with Crippen molar-refractivity contribution in [3.63, 3.8) is 0 Å². The number of aromatic nitrogens is 2. The van der Waals surface area contributed by atoms with Gasteiger partial charge in [-0.3, -0.25) is 0 Å². The minimum absolute atomic E-state index is 0.0258. The quantitative estimate of drug-likeness (QED) is 0.668. The van der Waals surface area contributed by atoms with Crippen LogP contribution in [0.25, 0.3) is 0 Å². The number of hydrogen-bond acceptors (Lipinski definition) is 6. The summed E-state index contributed by atoms with van der Waals surface area (Å²) in [5, 5.41) is 3.77. The average molecular weight is 409 g/mol. The van der Waals surface area contributed by atoms with Crippen LogP contribution in [0, 0.1) is 32.6 Å². The average Bonchev–Trinajstić information content (AvgIpc) is 3.29. The van der Waals surface area contributed by atoms with Crippen molar-refractivity contribution in [2.24, 2.45) is 0 Å². The summed E-state index contributed by atoms with van der Waals surface area (Å²) < 4.78 is 38.7. The summed E-state index contributed by atoms with van der Waals surface area (Å²) in [5.41, 5.74) is 5.60. The molecule has 4 rings (SSSR count). The zero-order chi connectivity index (χ0) is 20.6. The summed E-state index contributed by atoms with van der Waals surface area (Å²) in [4.78, 5) is 4.13. The Labute approximate surface area is 169 Å². The highest BCUT2D eigenvalue weighted by Crippen LogP contribution is 2.25. The second-order valence-electron chi connectivity index (χ2n) is 6.85. The lowest BCUT2D eigenvalue weighted by atomic mass is 10.0. The van der Waals surface area contributed by atoms with Gasteiger partial charge in [-0.15, -0.1) is 0 Å². The van der Waals surface area contributed by atoms with Gasteiger partial charge in [-0.1, -0.05) is 11.1 Å². The van der Waals surface area contributed by atoms with Crippen molar-refractivity contribution in [2.45, 2.75) is 38.9 Å². The second-order valence-corrected chi connectivity index (χ2v) is 8.50. The number of rotatable bonds is 3. The molecule has 1 aliphatic heterocycles. The fourth-order valence-corrected chi connectivity index (χ4v) is 4.24. The Morgan fingerprint density at radius 2 is 1.97 bits per heavy atom. The predicted octanol–water partition coefficient (Wildman–Crippen LogP) is 3.23. The van der Waals surface area contributed by atoms with Crippen molar-refractivity contribution in [1.29, 1.82) is 0 Å². The highest BCUT2D eigenvalue weighted by Gasteiger charge is 2.22. The Morgan fingerprint density at radius 1 is 1.14 bits per heavy atom. The number of pyridine rings is 1. The first-order valence-corrected chi connectivity index (χ1v) is 10.5. The van der Waals surface area contributed by atoms with Crippen LogP contribution in [0.5, 0.6) is 0 Å². The van der Waals surface area contributed by atoms with Crippen LogP contribution in [0.1, 0.15) is 39.2 Å². The van der Waals surface area contributed by atoms with Gasteiger partial charge in [0.05, 0.1) is 18.9 Å². The molecule has 8 heteroatoms. The third kappa shape index (κ3) is 3.75. The fourth-order valence-electron chi connectivity index (χ4n) is 3.08. The number of fused-ring (bicyclic) bond motifs is 1. The van der Waals surface area contributed by atoms with Gasteiger partial charge in [0.1, 0.15) is 10.6 Å². The molecule has 7 nitrogen and oxygen atoms in total. The summed E-state index contributed by atoms with van der Waals surface area (Å²) in [5.74, 6) is 6.00. The maximum absolute atomic E-state index is 12.9.